The van der Waals surface area contributed by atoms with Crippen LogP contribution in [-0.2, 0) is 29.2 Å². The summed E-state index contributed by atoms with van der Waals surface area (Å²) in [5, 5.41) is 0. The molecule has 3 aromatic rings. The number of ether oxygens (including phenoxy) is 4. The summed E-state index contributed by atoms with van der Waals surface area (Å²) in [5.41, 5.74) is 1.13. The SMILES string of the molecule is CN1C2CC(OC(=O)C(COC(=O)C3(C)c4ccccc4Oc4ccccc43)c3ccccc3)CC1[C@@H]1O[C@H]21. The van der Waals surface area contributed by atoms with Crippen LogP contribution in [0.5, 0.6) is 11.5 Å². The van der Waals surface area contributed by atoms with E-state index in [0.29, 0.717) is 11.5 Å². The first kappa shape index (κ1) is 24.4. The molecule has 4 aliphatic heterocycles. The number of nitrogens with zero attached hydrogens (tertiary/aromatic N) is 1. The van der Waals surface area contributed by atoms with Crippen LogP contribution in [0.15, 0.2) is 78.9 Å². The third-order valence-corrected chi connectivity index (χ3v) is 9.00. The number of esters is 2. The van der Waals surface area contributed by atoms with E-state index >= 15 is 0 Å². The van der Waals surface area contributed by atoms with E-state index in [1.54, 1.807) is 0 Å². The Morgan fingerprint density at radius 3 is 2.08 bits per heavy atom. The van der Waals surface area contributed by atoms with Crippen molar-refractivity contribution in [2.45, 2.75) is 61.5 Å². The quantitative estimate of drug-likeness (QED) is 0.344. The maximum absolute atomic E-state index is 13.9. The lowest BCUT2D eigenvalue weighted by atomic mass is 9.74. The minimum atomic E-state index is -1.09. The lowest BCUT2D eigenvalue weighted by Gasteiger charge is -2.38. The van der Waals surface area contributed by atoms with Gasteiger partial charge in [0.2, 0.25) is 0 Å². The molecule has 4 unspecified atom stereocenters. The number of morpholine rings is 1. The Hall–Kier alpha value is -3.68. The second-order valence-corrected chi connectivity index (χ2v) is 11.2. The maximum Gasteiger partial charge on any atom is 0.321 e. The van der Waals surface area contributed by atoms with Gasteiger partial charge in [0.05, 0.1) is 0 Å². The van der Waals surface area contributed by atoms with Gasteiger partial charge in [-0.2, -0.15) is 0 Å². The number of hydrogen-bond acceptors (Lipinski definition) is 7. The highest BCUT2D eigenvalue weighted by molar-refractivity contribution is 5.90. The van der Waals surface area contributed by atoms with E-state index in [-0.39, 0.29) is 43.0 Å². The van der Waals surface area contributed by atoms with Crippen molar-refractivity contribution in [3.63, 3.8) is 0 Å². The number of rotatable bonds is 6. The third kappa shape index (κ3) is 3.95. The van der Waals surface area contributed by atoms with Gasteiger partial charge in [0, 0.05) is 36.1 Å². The van der Waals surface area contributed by atoms with Crippen molar-refractivity contribution in [1.29, 1.82) is 0 Å². The number of epoxide rings is 1. The number of para-hydroxylation sites is 2. The van der Waals surface area contributed by atoms with Crippen molar-refractivity contribution < 1.29 is 28.5 Å². The number of benzene rings is 3. The summed E-state index contributed by atoms with van der Waals surface area (Å²) in [6, 6.07) is 25.0. The molecule has 39 heavy (non-hydrogen) atoms. The number of carbonyl (C=O) groups excluding carboxylic acids is 2. The maximum atomic E-state index is 13.9. The van der Waals surface area contributed by atoms with Gasteiger partial charge in [-0.1, -0.05) is 66.7 Å². The molecule has 0 saturated carbocycles. The highest BCUT2D eigenvalue weighted by Crippen LogP contribution is 2.49. The molecule has 7 heteroatoms. The van der Waals surface area contributed by atoms with Gasteiger partial charge in [0.25, 0.3) is 0 Å². The minimum absolute atomic E-state index is 0.115. The van der Waals surface area contributed by atoms with Crippen LogP contribution in [0.3, 0.4) is 0 Å². The molecule has 3 saturated heterocycles. The molecule has 2 bridgehead atoms. The molecule has 0 N–H and O–H groups in total. The standard InChI is InChI=1S/C32H31NO6/c1-32(22-12-6-8-14-26(22)38-27-15-9-7-13-23(27)32)31(35)36-18-21(19-10-4-3-5-11-19)30(34)37-20-16-24-28-29(39-28)25(17-20)33(24)2/h3-15,20-21,24-25,28-29H,16-18H2,1-2H3/t20?,21?,24?,25?,28-,29+. The Morgan fingerprint density at radius 2 is 1.46 bits per heavy atom. The normalized spacial score (nSPS) is 28.2. The monoisotopic (exact) mass is 525 g/mol. The topological polar surface area (TPSA) is 77.6 Å². The Kier molecular flexibility index (Phi) is 5.75. The molecule has 0 aromatic heterocycles. The number of fused-ring (bicyclic) bond motifs is 7. The van der Waals surface area contributed by atoms with E-state index < -0.39 is 17.3 Å². The molecule has 4 aliphatic rings. The summed E-state index contributed by atoms with van der Waals surface area (Å²) < 4.78 is 24.0. The van der Waals surface area contributed by atoms with Gasteiger partial charge in [0.15, 0.2) is 0 Å². The van der Waals surface area contributed by atoms with Crippen LogP contribution in [0.25, 0.3) is 0 Å². The van der Waals surface area contributed by atoms with Crippen LogP contribution in [-0.4, -0.2) is 60.9 Å². The number of likely N-dealkylation sites (N-methyl/N-ethyl adjacent to an activating group) is 1. The van der Waals surface area contributed by atoms with Crippen molar-refractivity contribution in [2.24, 2.45) is 0 Å². The number of hydrogen-bond donors (Lipinski definition) is 0. The average Bonchev–Trinajstić information content (AvgIpc) is 3.72. The highest BCUT2D eigenvalue weighted by atomic mass is 16.6. The van der Waals surface area contributed by atoms with E-state index in [2.05, 4.69) is 11.9 Å². The van der Waals surface area contributed by atoms with Gasteiger partial charge in [-0.05, 0) is 31.7 Å². The van der Waals surface area contributed by atoms with Crippen molar-refractivity contribution in [1.82, 2.24) is 4.90 Å². The van der Waals surface area contributed by atoms with Crippen LogP contribution >= 0.6 is 0 Å². The average molecular weight is 526 g/mol. The Bertz CT molecular complexity index is 1360. The molecule has 0 radical (unpaired) electrons. The summed E-state index contributed by atoms with van der Waals surface area (Å²) >= 11 is 0. The van der Waals surface area contributed by atoms with Crippen molar-refractivity contribution in [3.8, 4) is 11.5 Å². The van der Waals surface area contributed by atoms with Crippen LogP contribution in [0.4, 0.5) is 0 Å². The second-order valence-electron chi connectivity index (χ2n) is 11.2. The van der Waals surface area contributed by atoms with Gasteiger partial charge in [-0.25, -0.2) is 0 Å². The zero-order chi connectivity index (χ0) is 26.7. The molecular weight excluding hydrogens is 494 g/mol. The highest BCUT2D eigenvalue weighted by Gasteiger charge is 2.63. The summed E-state index contributed by atoms with van der Waals surface area (Å²) in [6.07, 6.45) is 1.87. The third-order valence-electron chi connectivity index (χ3n) is 9.00. The van der Waals surface area contributed by atoms with Crippen molar-refractivity contribution in [2.75, 3.05) is 13.7 Å². The number of carbonyl (C=O) groups is 2. The van der Waals surface area contributed by atoms with Gasteiger partial charge in [-0.3, -0.25) is 14.5 Å². The fourth-order valence-electron chi connectivity index (χ4n) is 6.75. The van der Waals surface area contributed by atoms with Crippen molar-refractivity contribution >= 4 is 11.9 Å². The van der Waals surface area contributed by atoms with E-state index in [0.717, 1.165) is 29.5 Å². The number of piperidine rings is 1. The molecule has 0 aliphatic carbocycles. The van der Waals surface area contributed by atoms with Crippen LogP contribution in [0.2, 0.25) is 0 Å². The molecule has 6 atom stereocenters. The van der Waals surface area contributed by atoms with Crippen LogP contribution in [0.1, 0.15) is 42.4 Å². The molecule has 7 nitrogen and oxygen atoms in total. The van der Waals surface area contributed by atoms with Gasteiger partial charge in [0.1, 0.15) is 47.8 Å². The van der Waals surface area contributed by atoms with E-state index in [1.807, 2.05) is 85.8 Å². The fraction of sp³-hybridized carbons (Fsp3) is 0.375. The van der Waals surface area contributed by atoms with E-state index in [4.69, 9.17) is 18.9 Å². The Morgan fingerprint density at radius 1 is 0.897 bits per heavy atom. The predicted molar refractivity (Wildman–Crippen MR) is 143 cm³/mol. The first-order chi connectivity index (χ1) is 18.9. The lowest BCUT2D eigenvalue weighted by Crippen LogP contribution is -2.48. The lowest BCUT2D eigenvalue weighted by molar-refractivity contribution is -0.160. The first-order valence-electron chi connectivity index (χ1n) is 13.6. The summed E-state index contributed by atoms with van der Waals surface area (Å²) in [4.78, 5) is 29.9. The summed E-state index contributed by atoms with van der Waals surface area (Å²) in [5.74, 6) is -0.293. The van der Waals surface area contributed by atoms with Gasteiger partial charge in [-0.15, -0.1) is 0 Å². The largest absolute Gasteiger partial charge is 0.463 e. The minimum Gasteiger partial charge on any atom is -0.463 e. The van der Waals surface area contributed by atoms with Gasteiger partial charge >= 0.3 is 11.9 Å². The fourth-order valence-corrected chi connectivity index (χ4v) is 6.75. The van der Waals surface area contributed by atoms with Gasteiger partial charge < -0.3 is 18.9 Å². The molecule has 7 rings (SSSR count). The zero-order valence-electron chi connectivity index (χ0n) is 22.0. The van der Waals surface area contributed by atoms with E-state index in [1.165, 1.54) is 0 Å². The Balaban J connectivity index is 1.12. The van der Waals surface area contributed by atoms with Crippen LogP contribution in [0, 0.1) is 0 Å². The summed E-state index contributed by atoms with van der Waals surface area (Å²) in [7, 11) is 2.13. The summed E-state index contributed by atoms with van der Waals surface area (Å²) in [6.45, 7) is 1.74. The predicted octanol–water partition coefficient (Wildman–Crippen LogP) is 4.58. The smallest absolute Gasteiger partial charge is 0.321 e. The van der Waals surface area contributed by atoms with E-state index in [9.17, 15) is 9.59 Å². The molecule has 4 heterocycles. The Labute approximate surface area is 227 Å². The molecule has 0 spiro atoms. The molecular formula is C32H31NO6. The first-order valence-corrected chi connectivity index (χ1v) is 13.6. The van der Waals surface area contributed by atoms with Crippen LogP contribution < -0.4 is 4.74 Å². The van der Waals surface area contributed by atoms with Crippen molar-refractivity contribution in [3.05, 3.63) is 95.6 Å². The molecule has 3 aromatic carbocycles. The zero-order valence-corrected chi connectivity index (χ0v) is 22.0. The molecule has 3 fully saturated rings. The molecule has 0 amide bonds. The molecule has 200 valence electrons. The second kappa shape index (κ2) is 9.21.